The molecule has 1 rings (SSSR count). The molecule has 0 aromatic rings. The first kappa shape index (κ1) is 19.7. The van der Waals surface area contributed by atoms with Gasteiger partial charge >= 0.3 is 0 Å². The highest BCUT2D eigenvalue weighted by atomic mass is 16.7. The number of aliphatic hydroxyl groups excluding tert-OH is 5. The third-order valence-corrected chi connectivity index (χ3v) is 3.64. The summed E-state index contributed by atoms with van der Waals surface area (Å²) in [6, 6.07) is 0. The van der Waals surface area contributed by atoms with Crippen LogP contribution in [0, 0.1) is 0 Å². The zero-order chi connectivity index (χ0) is 16.7. The zero-order valence-electron chi connectivity index (χ0n) is 13.0. The van der Waals surface area contributed by atoms with Crippen LogP contribution in [0.2, 0.25) is 0 Å². The molecule has 1 saturated heterocycles. The predicted octanol–water partition coefficient (Wildman–Crippen LogP) is -1.28. The molecule has 1 aliphatic rings. The summed E-state index contributed by atoms with van der Waals surface area (Å²) in [5.41, 5.74) is 0. The second-order valence-electron chi connectivity index (χ2n) is 5.40. The Morgan fingerprint density at radius 3 is 2.27 bits per heavy atom. The summed E-state index contributed by atoms with van der Waals surface area (Å²) in [5, 5.41) is 47.7. The summed E-state index contributed by atoms with van der Waals surface area (Å²) < 4.78 is 16.3. The molecule has 132 valence electrons. The molecule has 7 unspecified atom stereocenters. The lowest BCUT2D eigenvalue weighted by atomic mass is 9.99. The van der Waals surface area contributed by atoms with Gasteiger partial charge in [0.25, 0.3) is 0 Å². The van der Waals surface area contributed by atoms with Gasteiger partial charge in [0.05, 0.1) is 19.3 Å². The van der Waals surface area contributed by atoms with Crippen molar-refractivity contribution in [1.82, 2.24) is 0 Å². The van der Waals surface area contributed by atoms with E-state index in [9.17, 15) is 25.5 Å². The zero-order valence-corrected chi connectivity index (χ0v) is 13.0. The van der Waals surface area contributed by atoms with Crippen LogP contribution in [0.4, 0.5) is 0 Å². The van der Waals surface area contributed by atoms with Crippen molar-refractivity contribution < 1.29 is 39.7 Å². The van der Waals surface area contributed by atoms with Gasteiger partial charge in [-0.1, -0.05) is 20.3 Å². The van der Waals surface area contributed by atoms with Crippen LogP contribution in [0.25, 0.3) is 0 Å². The Morgan fingerprint density at radius 2 is 1.77 bits per heavy atom. The van der Waals surface area contributed by atoms with Crippen molar-refractivity contribution in [2.24, 2.45) is 0 Å². The standard InChI is InChI=1S/C14H28O8/c1-3-5-8(6-15)20-10(4-2)22-13-9(7-16)21-14(19)12(18)11(13)17/h8-19H,3-7H2,1-2H3. The van der Waals surface area contributed by atoms with Crippen molar-refractivity contribution in [3.8, 4) is 0 Å². The van der Waals surface area contributed by atoms with Crippen LogP contribution in [0.1, 0.15) is 33.1 Å². The molecule has 8 nitrogen and oxygen atoms in total. The maximum atomic E-state index is 10.0. The fraction of sp³-hybridized carbons (Fsp3) is 1.00. The van der Waals surface area contributed by atoms with Crippen molar-refractivity contribution in [1.29, 1.82) is 0 Å². The molecule has 0 spiro atoms. The fourth-order valence-electron chi connectivity index (χ4n) is 2.37. The van der Waals surface area contributed by atoms with E-state index in [0.717, 1.165) is 6.42 Å². The molecule has 0 saturated carbocycles. The maximum Gasteiger partial charge on any atom is 0.184 e. The normalized spacial score (nSPS) is 35.3. The summed E-state index contributed by atoms with van der Waals surface area (Å²) in [6.07, 6.45) is -5.75. The van der Waals surface area contributed by atoms with Gasteiger partial charge in [0.15, 0.2) is 12.6 Å². The van der Waals surface area contributed by atoms with Crippen molar-refractivity contribution in [2.75, 3.05) is 13.2 Å². The lowest BCUT2D eigenvalue weighted by Crippen LogP contribution is -2.60. The summed E-state index contributed by atoms with van der Waals surface area (Å²) >= 11 is 0. The summed E-state index contributed by atoms with van der Waals surface area (Å²) in [4.78, 5) is 0. The van der Waals surface area contributed by atoms with E-state index in [1.165, 1.54) is 0 Å². The minimum absolute atomic E-state index is 0.151. The smallest absolute Gasteiger partial charge is 0.184 e. The highest BCUT2D eigenvalue weighted by Crippen LogP contribution is 2.24. The third-order valence-electron chi connectivity index (χ3n) is 3.64. The van der Waals surface area contributed by atoms with Crippen molar-refractivity contribution in [3.63, 3.8) is 0 Å². The quantitative estimate of drug-likeness (QED) is 0.332. The lowest BCUT2D eigenvalue weighted by molar-refractivity contribution is -0.321. The average molecular weight is 324 g/mol. The Morgan fingerprint density at radius 1 is 1.09 bits per heavy atom. The van der Waals surface area contributed by atoms with E-state index in [-0.39, 0.29) is 12.7 Å². The van der Waals surface area contributed by atoms with Gasteiger partial charge in [0.2, 0.25) is 0 Å². The minimum atomic E-state index is -1.58. The highest BCUT2D eigenvalue weighted by Gasteiger charge is 2.45. The van der Waals surface area contributed by atoms with Crippen molar-refractivity contribution >= 4 is 0 Å². The molecule has 0 radical (unpaired) electrons. The molecular weight excluding hydrogens is 296 g/mol. The first-order valence-corrected chi connectivity index (χ1v) is 7.70. The van der Waals surface area contributed by atoms with Crippen LogP contribution in [-0.2, 0) is 14.2 Å². The van der Waals surface area contributed by atoms with Crippen LogP contribution >= 0.6 is 0 Å². The van der Waals surface area contributed by atoms with E-state index in [0.29, 0.717) is 12.8 Å². The topological polar surface area (TPSA) is 129 Å². The monoisotopic (exact) mass is 324 g/mol. The second kappa shape index (κ2) is 9.74. The average Bonchev–Trinajstić information content (AvgIpc) is 2.53. The Balaban J connectivity index is 2.69. The van der Waals surface area contributed by atoms with E-state index >= 15 is 0 Å². The molecule has 0 amide bonds. The highest BCUT2D eigenvalue weighted by molar-refractivity contribution is 4.89. The number of hydrogen-bond acceptors (Lipinski definition) is 8. The van der Waals surface area contributed by atoms with Crippen LogP contribution in [-0.4, -0.2) is 81.8 Å². The molecule has 22 heavy (non-hydrogen) atoms. The van der Waals surface area contributed by atoms with Gasteiger partial charge in [-0.25, -0.2) is 0 Å². The molecule has 1 heterocycles. The maximum absolute atomic E-state index is 10.0. The largest absolute Gasteiger partial charge is 0.394 e. The molecule has 1 aliphatic heterocycles. The Bertz CT molecular complexity index is 301. The fourth-order valence-corrected chi connectivity index (χ4v) is 2.37. The molecule has 0 aromatic heterocycles. The van der Waals surface area contributed by atoms with E-state index < -0.39 is 43.6 Å². The Kier molecular flexibility index (Phi) is 8.73. The van der Waals surface area contributed by atoms with E-state index in [4.69, 9.17) is 14.2 Å². The molecule has 0 aliphatic carbocycles. The minimum Gasteiger partial charge on any atom is -0.394 e. The Labute approximate surface area is 130 Å². The van der Waals surface area contributed by atoms with Gasteiger partial charge < -0.3 is 39.7 Å². The molecule has 8 heteroatoms. The van der Waals surface area contributed by atoms with Gasteiger partial charge in [-0.05, 0) is 12.8 Å². The lowest BCUT2D eigenvalue weighted by Gasteiger charge is -2.41. The first-order valence-electron chi connectivity index (χ1n) is 7.70. The molecule has 5 N–H and O–H groups in total. The predicted molar refractivity (Wildman–Crippen MR) is 75.8 cm³/mol. The summed E-state index contributed by atoms with van der Waals surface area (Å²) in [5.74, 6) is 0. The molecule has 0 bridgehead atoms. The van der Waals surface area contributed by atoms with Crippen LogP contribution < -0.4 is 0 Å². The van der Waals surface area contributed by atoms with Crippen LogP contribution in [0.3, 0.4) is 0 Å². The number of aliphatic hydroxyl groups is 5. The third kappa shape index (κ3) is 5.10. The van der Waals surface area contributed by atoms with E-state index in [1.807, 2.05) is 6.92 Å². The number of rotatable bonds is 9. The van der Waals surface area contributed by atoms with Crippen LogP contribution in [0.5, 0.6) is 0 Å². The van der Waals surface area contributed by atoms with Gasteiger partial charge in [-0.15, -0.1) is 0 Å². The molecule has 0 aromatic carbocycles. The molecule has 7 atom stereocenters. The van der Waals surface area contributed by atoms with Gasteiger partial charge in [0, 0.05) is 0 Å². The van der Waals surface area contributed by atoms with Crippen LogP contribution in [0.15, 0.2) is 0 Å². The van der Waals surface area contributed by atoms with Gasteiger partial charge in [0.1, 0.15) is 24.4 Å². The summed E-state index contributed by atoms with van der Waals surface area (Å²) in [6.45, 7) is 3.13. The van der Waals surface area contributed by atoms with E-state index in [1.54, 1.807) is 6.92 Å². The number of hydrogen-bond donors (Lipinski definition) is 5. The first-order chi connectivity index (χ1) is 10.5. The number of ether oxygens (including phenoxy) is 3. The van der Waals surface area contributed by atoms with Crippen molar-refractivity contribution in [2.45, 2.75) is 76.2 Å². The Hall–Kier alpha value is -0.320. The summed E-state index contributed by atoms with van der Waals surface area (Å²) in [7, 11) is 0. The SMILES string of the molecule is CCCC(CO)OC(CC)OC1C(CO)OC(O)C(O)C1O. The molecular formula is C14H28O8. The van der Waals surface area contributed by atoms with E-state index in [2.05, 4.69) is 0 Å². The van der Waals surface area contributed by atoms with Gasteiger partial charge in [-0.3, -0.25) is 0 Å². The second-order valence-corrected chi connectivity index (χ2v) is 5.40. The molecule has 1 fully saturated rings. The van der Waals surface area contributed by atoms with Gasteiger partial charge in [-0.2, -0.15) is 0 Å². The van der Waals surface area contributed by atoms with Crippen molar-refractivity contribution in [3.05, 3.63) is 0 Å².